The molecule has 1 N–H and O–H groups in total. The van der Waals surface area contributed by atoms with Gasteiger partial charge in [0.25, 0.3) is 0 Å². The Morgan fingerprint density at radius 2 is 2.03 bits per heavy atom. The van der Waals surface area contributed by atoms with Crippen LogP contribution < -0.4 is 15.0 Å². The largest absolute Gasteiger partial charge is 0.497 e. The third-order valence-electron chi connectivity index (χ3n) is 5.86. The molecule has 0 unspecified atom stereocenters. The molecule has 1 aromatic heterocycles. The van der Waals surface area contributed by atoms with Crippen molar-refractivity contribution in [2.45, 2.75) is 32.2 Å². The number of amides is 1. The minimum Gasteiger partial charge on any atom is -0.497 e. The zero-order valence-corrected chi connectivity index (χ0v) is 17.1. The standard InChI is InChI=1S/C22H28N4O3/c1-16-20(24-9-8-23-16)26-14-22(15-26,13-17-4-3-5-19(12-17)28-2)21(27)25-18-6-10-29-11-7-18/h3-5,8-9,12,18H,6-7,10-11,13-15H2,1-2H3,(H,25,27). The number of nitrogens with one attached hydrogen (secondary N) is 1. The normalized spacial score (nSPS) is 18.8. The van der Waals surface area contributed by atoms with Crippen molar-refractivity contribution in [3.8, 4) is 5.75 Å². The van der Waals surface area contributed by atoms with Gasteiger partial charge in [-0.05, 0) is 43.9 Å². The van der Waals surface area contributed by atoms with E-state index in [0.29, 0.717) is 32.7 Å². The van der Waals surface area contributed by atoms with Crippen LogP contribution in [0.25, 0.3) is 0 Å². The molecule has 7 heteroatoms. The fraction of sp³-hybridized carbons (Fsp3) is 0.500. The van der Waals surface area contributed by atoms with Crippen LogP contribution in [0.3, 0.4) is 0 Å². The van der Waals surface area contributed by atoms with Crippen molar-refractivity contribution >= 4 is 11.7 Å². The summed E-state index contributed by atoms with van der Waals surface area (Å²) in [4.78, 5) is 24.3. The minimum atomic E-state index is -0.491. The summed E-state index contributed by atoms with van der Waals surface area (Å²) in [6.07, 6.45) is 5.80. The Morgan fingerprint density at radius 3 is 2.76 bits per heavy atom. The van der Waals surface area contributed by atoms with E-state index in [9.17, 15) is 4.79 Å². The van der Waals surface area contributed by atoms with Gasteiger partial charge in [0.2, 0.25) is 5.91 Å². The van der Waals surface area contributed by atoms with Crippen molar-refractivity contribution < 1.29 is 14.3 Å². The molecule has 0 spiro atoms. The first-order valence-corrected chi connectivity index (χ1v) is 10.1. The van der Waals surface area contributed by atoms with Crippen molar-refractivity contribution in [2.24, 2.45) is 5.41 Å². The Morgan fingerprint density at radius 1 is 1.28 bits per heavy atom. The number of aromatic nitrogens is 2. The molecule has 2 aliphatic rings. The molecule has 29 heavy (non-hydrogen) atoms. The summed E-state index contributed by atoms with van der Waals surface area (Å²) < 4.78 is 10.8. The Bertz CT molecular complexity index is 861. The molecule has 2 aromatic rings. The van der Waals surface area contributed by atoms with E-state index in [1.807, 2.05) is 25.1 Å². The number of carbonyl (C=O) groups excluding carboxylic acids is 1. The van der Waals surface area contributed by atoms with E-state index in [2.05, 4.69) is 26.3 Å². The predicted molar refractivity (Wildman–Crippen MR) is 110 cm³/mol. The first-order chi connectivity index (χ1) is 14.1. The van der Waals surface area contributed by atoms with Crippen LogP contribution in [0.4, 0.5) is 5.82 Å². The zero-order chi connectivity index (χ0) is 20.3. The number of rotatable bonds is 6. The fourth-order valence-electron chi connectivity index (χ4n) is 4.23. The van der Waals surface area contributed by atoms with Crippen LogP contribution in [0.2, 0.25) is 0 Å². The number of nitrogens with zero attached hydrogens (tertiary/aromatic N) is 3. The molecule has 4 rings (SSSR count). The summed E-state index contributed by atoms with van der Waals surface area (Å²) in [6.45, 7) is 4.61. The summed E-state index contributed by atoms with van der Waals surface area (Å²) in [6, 6.07) is 8.16. The monoisotopic (exact) mass is 396 g/mol. The molecule has 1 aromatic carbocycles. The fourth-order valence-corrected chi connectivity index (χ4v) is 4.23. The Labute approximate surface area is 171 Å². The quantitative estimate of drug-likeness (QED) is 0.806. The van der Waals surface area contributed by atoms with Gasteiger partial charge < -0.3 is 19.7 Å². The molecular weight excluding hydrogens is 368 g/mol. The SMILES string of the molecule is COc1cccc(CC2(C(=O)NC3CCOCC3)CN(c3nccnc3C)C2)c1. The number of hydrogen-bond donors (Lipinski definition) is 1. The summed E-state index contributed by atoms with van der Waals surface area (Å²) in [5, 5.41) is 3.28. The Balaban J connectivity index is 1.54. The maximum absolute atomic E-state index is 13.4. The molecular formula is C22H28N4O3. The first-order valence-electron chi connectivity index (χ1n) is 10.1. The minimum absolute atomic E-state index is 0.116. The lowest BCUT2D eigenvalue weighted by Gasteiger charge is -2.50. The van der Waals surface area contributed by atoms with E-state index >= 15 is 0 Å². The average Bonchev–Trinajstić information content (AvgIpc) is 2.72. The third-order valence-corrected chi connectivity index (χ3v) is 5.86. The second kappa shape index (κ2) is 8.37. The third kappa shape index (κ3) is 4.19. The second-order valence-electron chi connectivity index (χ2n) is 7.99. The number of carbonyl (C=O) groups is 1. The number of hydrogen-bond acceptors (Lipinski definition) is 6. The second-order valence-corrected chi connectivity index (χ2v) is 7.99. The predicted octanol–water partition coefficient (Wildman–Crippen LogP) is 2.14. The van der Waals surface area contributed by atoms with Crippen molar-refractivity contribution in [3.63, 3.8) is 0 Å². The first kappa shape index (κ1) is 19.6. The van der Waals surface area contributed by atoms with E-state index < -0.39 is 5.41 Å². The van der Waals surface area contributed by atoms with Crippen molar-refractivity contribution in [2.75, 3.05) is 38.3 Å². The van der Waals surface area contributed by atoms with Gasteiger partial charge in [-0.25, -0.2) is 4.98 Å². The molecule has 0 saturated carbocycles. The lowest BCUT2D eigenvalue weighted by molar-refractivity contribution is -0.134. The summed E-state index contributed by atoms with van der Waals surface area (Å²) in [5.74, 6) is 1.78. The van der Waals surface area contributed by atoms with E-state index in [4.69, 9.17) is 9.47 Å². The van der Waals surface area contributed by atoms with Crippen LogP contribution in [0.5, 0.6) is 5.75 Å². The Kier molecular flexibility index (Phi) is 5.67. The highest BCUT2D eigenvalue weighted by Crippen LogP contribution is 2.38. The lowest BCUT2D eigenvalue weighted by atomic mass is 9.73. The van der Waals surface area contributed by atoms with Gasteiger partial charge in [-0.2, -0.15) is 0 Å². The smallest absolute Gasteiger partial charge is 0.230 e. The van der Waals surface area contributed by atoms with Crippen LogP contribution in [0.15, 0.2) is 36.7 Å². The summed E-state index contributed by atoms with van der Waals surface area (Å²) in [5.41, 5.74) is 1.49. The van der Waals surface area contributed by atoms with Crippen molar-refractivity contribution in [1.82, 2.24) is 15.3 Å². The molecule has 154 valence electrons. The van der Waals surface area contributed by atoms with Gasteiger partial charge in [0.15, 0.2) is 0 Å². The molecule has 7 nitrogen and oxygen atoms in total. The number of anilines is 1. The van der Waals surface area contributed by atoms with E-state index in [-0.39, 0.29) is 11.9 Å². The van der Waals surface area contributed by atoms with Crippen LogP contribution in [0, 0.1) is 12.3 Å². The van der Waals surface area contributed by atoms with Crippen molar-refractivity contribution in [1.29, 1.82) is 0 Å². The molecule has 1 amide bonds. The van der Waals surface area contributed by atoms with Gasteiger partial charge in [-0.3, -0.25) is 9.78 Å². The number of methoxy groups -OCH3 is 1. The average molecular weight is 396 g/mol. The van der Waals surface area contributed by atoms with Crippen LogP contribution in [-0.4, -0.2) is 55.3 Å². The molecule has 0 bridgehead atoms. The topological polar surface area (TPSA) is 76.6 Å². The highest BCUT2D eigenvalue weighted by molar-refractivity contribution is 5.86. The number of benzene rings is 1. The van der Waals surface area contributed by atoms with Gasteiger partial charge in [0.1, 0.15) is 11.6 Å². The maximum Gasteiger partial charge on any atom is 0.230 e. The molecule has 2 fully saturated rings. The summed E-state index contributed by atoms with van der Waals surface area (Å²) in [7, 11) is 1.66. The van der Waals surface area contributed by atoms with Crippen molar-refractivity contribution in [3.05, 3.63) is 47.9 Å². The van der Waals surface area contributed by atoms with E-state index in [0.717, 1.165) is 35.7 Å². The van der Waals surface area contributed by atoms with Crippen LogP contribution >= 0.6 is 0 Å². The van der Waals surface area contributed by atoms with Crippen LogP contribution in [-0.2, 0) is 16.0 Å². The van der Waals surface area contributed by atoms with Crippen LogP contribution in [0.1, 0.15) is 24.1 Å². The maximum atomic E-state index is 13.4. The molecule has 2 saturated heterocycles. The number of ether oxygens (including phenoxy) is 2. The molecule has 3 heterocycles. The highest BCUT2D eigenvalue weighted by Gasteiger charge is 2.50. The van der Waals surface area contributed by atoms with Gasteiger partial charge in [-0.1, -0.05) is 12.1 Å². The summed E-state index contributed by atoms with van der Waals surface area (Å²) >= 11 is 0. The molecule has 0 radical (unpaired) electrons. The van der Waals surface area contributed by atoms with Gasteiger partial charge in [0, 0.05) is 44.7 Å². The Hall–Kier alpha value is -2.67. The molecule has 2 aliphatic heterocycles. The highest BCUT2D eigenvalue weighted by atomic mass is 16.5. The van der Waals surface area contributed by atoms with E-state index in [1.54, 1.807) is 19.5 Å². The van der Waals surface area contributed by atoms with Gasteiger partial charge in [-0.15, -0.1) is 0 Å². The lowest BCUT2D eigenvalue weighted by Crippen LogP contribution is -2.66. The molecule has 0 atom stereocenters. The number of aryl methyl sites for hydroxylation is 1. The molecule has 0 aliphatic carbocycles. The zero-order valence-electron chi connectivity index (χ0n) is 17.1. The van der Waals surface area contributed by atoms with Gasteiger partial charge in [0.05, 0.1) is 18.2 Å². The van der Waals surface area contributed by atoms with Gasteiger partial charge >= 0.3 is 0 Å². The van der Waals surface area contributed by atoms with E-state index in [1.165, 1.54) is 0 Å².